The summed E-state index contributed by atoms with van der Waals surface area (Å²) in [5.74, 6) is 0. The van der Waals surface area contributed by atoms with Crippen LogP contribution in [0.15, 0.2) is 68.6 Å². The molecule has 0 saturated carbocycles. The molecule has 0 aliphatic rings. The van der Waals surface area contributed by atoms with Crippen molar-refractivity contribution in [2.24, 2.45) is 10.2 Å². The van der Waals surface area contributed by atoms with Crippen molar-refractivity contribution in [2.75, 3.05) is 11.5 Å². The van der Waals surface area contributed by atoms with Crippen molar-refractivity contribution in [1.29, 1.82) is 0 Å². The maximum atomic E-state index is 11.7. The van der Waals surface area contributed by atoms with Gasteiger partial charge in [-0.3, -0.25) is 9.11 Å². The van der Waals surface area contributed by atoms with Crippen LogP contribution in [0, 0.1) is 0 Å². The lowest BCUT2D eigenvalue weighted by atomic mass is 10.1. The quantitative estimate of drug-likeness (QED) is 0.281. The summed E-state index contributed by atoms with van der Waals surface area (Å²) in [4.78, 5) is -0.996. The first-order valence-corrected chi connectivity index (χ1v) is 10.4. The van der Waals surface area contributed by atoms with Crippen molar-refractivity contribution in [3.63, 3.8) is 0 Å². The molecular weight excluding hydrogens is 408 g/mol. The van der Waals surface area contributed by atoms with Crippen molar-refractivity contribution in [3.05, 3.63) is 48.5 Å². The molecule has 10 nitrogen and oxygen atoms in total. The Kier molecular flexibility index (Phi) is 4.81. The smallest absolute Gasteiger partial charge is 0.296 e. The van der Waals surface area contributed by atoms with Crippen LogP contribution in [0.1, 0.15) is 0 Å². The minimum atomic E-state index is -4.63. The van der Waals surface area contributed by atoms with Gasteiger partial charge in [0, 0.05) is 22.1 Å². The third-order valence-corrected chi connectivity index (χ3v) is 5.60. The fourth-order valence-electron chi connectivity index (χ4n) is 2.60. The average molecular weight is 422 g/mol. The van der Waals surface area contributed by atoms with Crippen LogP contribution < -0.4 is 11.5 Å². The standard InChI is InChI=1S/C16H14N4O6S2/c17-9-4-6-12(15(8-9)28(24,25)26)19-20-13-7-5-11(18)10-2-1-3-14(16(10)13)27(21,22)23/h1-8H,17-18H2,(H,21,22,23)(H,24,25,26)/b20-19+. The molecule has 0 atom stereocenters. The first-order chi connectivity index (χ1) is 13.0. The second-order valence-electron chi connectivity index (χ2n) is 5.73. The van der Waals surface area contributed by atoms with Crippen molar-refractivity contribution >= 4 is 53.8 Å². The number of azo groups is 1. The molecule has 0 radical (unpaired) electrons. The molecule has 0 saturated heterocycles. The van der Waals surface area contributed by atoms with Gasteiger partial charge in [-0.1, -0.05) is 12.1 Å². The monoisotopic (exact) mass is 422 g/mol. The number of benzene rings is 3. The normalized spacial score (nSPS) is 12.6. The zero-order valence-electron chi connectivity index (χ0n) is 14.0. The topological polar surface area (TPSA) is 185 Å². The van der Waals surface area contributed by atoms with E-state index in [9.17, 15) is 25.9 Å². The minimum absolute atomic E-state index is 0.00976. The summed E-state index contributed by atoms with van der Waals surface area (Å²) in [6.45, 7) is 0. The molecule has 0 aliphatic carbocycles. The number of fused-ring (bicyclic) bond motifs is 1. The van der Waals surface area contributed by atoms with Crippen LogP contribution in [0.5, 0.6) is 0 Å². The van der Waals surface area contributed by atoms with Gasteiger partial charge in [0.1, 0.15) is 15.5 Å². The molecule has 12 heteroatoms. The summed E-state index contributed by atoms with van der Waals surface area (Å²) in [5, 5.41) is 8.02. The fourth-order valence-corrected chi connectivity index (χ4v) is 3.98. The van der Waals surface area contributed by atoms with Gasteiger partial charge >= 0.3 is 0 Å². The second-order valence-corrected chi connectivity index (χ2v) is 8.51. The van der Waals surface area contributed by atoms with Gasteiger partial charge in [-0.15, -0.1) is 10.2 Å². The number of hydrogen-bond donors (Lipinski definition) is 4. The van der Waals surface area contributed by atoms with Gasteiger partial charge in [-0.05, 0) is 36.4 Å². The van der Waals surface area contributed by atoms with E-state index in [2.05, 4.69) is 10.2 Å². The summed E-state index contributed by atoms with van der Waals surface area (Å²) >= 11 is 0. The number of nitrogens with two attached hydrogens (primary N) is 2. The molecule has 0 fully saturated rings. The van der Waals surface area contributed by atoms with E-state index in [1.54, 1.807) is 0 Å². The molecule has 0 heterocycles. The Labute approximate surface area is 160 Å². The summed E-state index contributed by atoms with van der Waals surface area (Å²) in [7, 11) is -9.23. The predicted octanol–water partition coefficient (Wildman–Crippen LogP) is 2.91. The Morgan fingerprint density at radius 3 is 2.00 bits per heavy atom. The Balaban J connectivity index is 2.27. The number of nitrogens with zero attached hydrogens (tertiary/aromatic N) is 2. The van der Waals surface area contributed by atoms with Crippen LogP contribution in [0.2, 0.25) is 0 Å². The highest BCUT2D eigenvalue weighted by molar-refractivity contribution is 7.86. The van der Waals surface area contributed by atoms with E-state index >= 15 is 0 Å². The second kappa shape index (κ2) is 6.83. The highest BCUT2D eigenvalue weighted by Gasteiger charge is 2.19. The minimum Gasteiger partial charge on any atom is -0.399 e. The van der Waals surface area contributed by atoms with Crippen molar-refractivity contribution in [2.45, 2.75) is 9.79 Å². The van der Waals surface area contributed by atoms with E-state index in [0.717, 1.165) is 6.07 Å². The van der Waals surface area contributed by atoms with E-state index in [1.807, 2.05) is 0 Å². The lowest BCUT2D eigenvalue weighted by Gasteiger charge is -2.09. The zero-order valence-corrected chi connectivity index (χ0v) is 15.6. The SMILES string of the molecule is Nc1ccc(/N=N/c2ccc(N)c3cccc(S(=O)(=O)O)c23)c(S(=O)(=O)O)c1. The van der Waals surface area contributed by atoms with E-state index < -0.39 is 30.0 Å². The fraction of sp³-hybridized carbons (Fsp3) is 0. The summed E-state index contributed by atoms with van der Waals surface area (Å²) < 4.78 is 65.3. The average Bonchev–Trinajstić information content (AvgIpc) is 2.60. The highest BCUT2D eigenvalue weighted by Crippen LogP contribution is 2.37. The van der Waals surface area contributed by atoms with Crippen molar-refractivity contribution in [3.8, 4) is 0 Å². The summed E-state index contributed by atoms with van der Waals surface area (Å²) in [5.41, 5.74) is 11.5. The van der Waals surface area contributed by atoms with Crippen LogP contribution in [0.25, 0.3) is 10.8 Å². The van der Waals surface area contributed by atoms with Gasteiger partial charge in [0.2, 0.25) is 0 Å². The van der Waals surface area contributed by atoms with Gasteiger partial charge in [0.25, 0.3) is 20.2 Å². The number of anilines is 2. The van der Waals surface area contributed by atoms with Gasteiger partial charge in [0.05, 0.1) is 5.69 Å². The van der Waals surface area contributed by atoms with Gasteiger partial charge in [0.15, 0.2) is 0 Å². The molecule has 0 aliphatic heterocycles. The highest BCUT2D eigenvalue weighted by atomic mass is 32.2. The van der Waals surface area contributed by atoms with Crippen LogP contribution in [0.3, 0.4) is 0 Å². The molecule has 0 unspecified atom stereocenters. The Morgan fingerprint density at radius 2 is 1.36 bits per heavy atom. The Morgan fingerprint density at radius 1 is 0.750 bits per heavy atom. The van der Waals surface area contributed by atoms with E-state index in [0.29, 0.717) is 5.39 Å². The first kappa shape index (κ1) is 19.7. The maximum Gasteiger partial charge on any atom is 0.296 e. The third kappa shape index (κ3) is 3.80. The number of nitrogen functional groups attached to an aromatic ring is 2. The van der Waals surface area contributed by atoms with E-state index in [4.69, 9.17) is 11.5 Å². The van der Waals surface area contributed by atoms with Crippen LogP contribution in [0.4, 0.5) is 22.7 Å². The largest absolute Gasteiger partial charge is 0.399 e. The number of hydrogen-bond acceptors (Lipinski definition) is 8. The van der Waals surface area contributed by atoms with Crippen molar-refractivity contribution in [1.82, 2.24) is 0 Å². The van der Waals surface area contributed by atoms with E-state index in [-0.39, 0.29) is 28.1 Å². The molecule has 6 N–H and O–H groups in total. The van der Waals surface area contributed by atoms with Gasteiger partial charge < -0.3 is 11.5 Å². The van der Waals surface area contributed by atoms with Crippen LogP contribution in [-0.4, -0.2) is 25.9 Å². The van der Waals surface area contributed by atoms with E-state index in [1.165, 1.54) is 42.5 Å². The Hall–Kier alpha value is -3.06. The molecule has 146 valence electrons. The first-order valence-electron chi connectivity index (χ1n) is 7.56. The van der Waals surface area contributed by atoms with Crippen LogP contribution in [-0.2, 0) is 20.2 Å². The van der Waals surface area contributed by atoms with Crippen molar-refractivity contribution < 1.29 is 25.9 Å². The summed E-state index contributed by atoms with van der Waals surface area (Å²) in [6.07, 6.45) is 0. The Bertz CT molecular complexity index is 1330. The lowest BCUT2D eigenvalue weighted by Crippen LogP contribution is -2.00. The molecule has 3 rings (SSSR count). The third-order valence-electron chi connectivity index (χ3n) is 3.82. The number of rotatable bonds is 4. The molecule has 28 heavy (non-hydrogen) atoms. The van der Waals surface area contributed by atoms with Gasteiger partial charge in [-0.25, -0.2) is 0 Å². The molecule has 0 spiro atoms. The molecule has 0 aromatic heterocycles. The molecular formula is C16H14N4O6S2. The lowest BCUT2D eigenvalue weighted by molar-refractivity contribution is 0.481. The van der Waals surface area contributed by atoms with Crippen LogP contribution >= 0.6 is 0 Å². The van der Waals surface area contributed by atoms with Gasteiger partial charge in [-0.2, -0.15) is 16.8 Å². The molecule has 0 amide bonds. The predicted molar refractivity (Wildman–Crippen MR) is 103 cm³/mol. The maximum absolute atomic E-state index is 11.7. The molecule has 3 aromatic rings. The zero-order chi connectivity index (χ0) is 20.7. The summed E-state index contributed by atoms with van der Waals surface area (Å²) in [6, 6.07) is 10.5. The molecule has 0 bridgehead atoms. The molecule has 3 aromatic carbocycles.